The van der Waals surface area contributed by atoms with Crippen LogP contribution < -0.4 is 10.2 Å². The predicted octanol–water partition coefficient (Wildman–Crippen LogP) is 2.02. The van der Waals surface area contributed by atoms with Gasteiger partial charge in [0.1, 0.15) is 6.54 Å². The van der Waals surface area contributed by atoms with Gasteiger partial charge >= 0.3 is 4.87 Å². The lowest BCUT2D eigenvalue weighted by atomic mass is 9.88. The third-order valence-electron chi connectivity index (χ3n) is 3.76. The first-order chi connectivity index (χ1) is 10.3. The summed E-state index contributed by atoms with van der Waals surface area (Å²) >= 11 is 1.18. The minimum atomic E-state index is -0.262. The molecule has 2 heterocycles. The smallest absolute Gasteiger partial charge is 0.308 e. The lowest BCUT2D eigenvalue weighted by Crippen LogP contribution is -2.39. The molecule has 0 unspecified atom stereocenters. The van der Waals surface area contributed by atoms with Crippen molar-refractivity contribution >= 4 is 17.2 Å². The summed E-state index contributed by atoms with van der Waals surface area (Å²) in [6, 6.07) is 5.75. The van der Waals surface area contributed by atoms with Crippen LogP contribution in [0.5, 0.6) is 0 Å². The average Bonchev–Trinajstić information content (AvgIpc) is 2.73. The first-order valence-electron chi connectivity index (χ1n) is 7.16. The summed E-state index contributed by atoms with van der Waals surface area (Å²) in [4.78, 5) is 29.1. The first-order valence-corrected chi connectivity index (χ1v) is 7.98. The van der Waals surface area contributed by atoms with Crippen LogP contribution in [0.25, 0.3) is 0 Å². The zero-order chi connectivity index (χ0) is 16.3. The highest BCUT2D eigenvalue weighted by Crippen LogP contribution is 2.19. The van der Waals surface area contributed by atoms with Gasteiger partial charge in [0.2, 0.25) is 5.91 Å². The van der Waals surface area contributed by atoms with E-state index in [-0.39, 0.29) is 22.7 Å². The number of carbonyl (C=O) groups excluding carboxylic acids is 1. The van der Waals surface area contributed by atoms with E-state index in [1.165, 1.54) is 15.9 Å². The second-order valence-electron chi connectivity index (χ2n) is 5.97. The lowest BCUT2D eigenvalue weighted by Gasteiger charge is -2.24. The Kier molecular flexibility index (Phi) is 4.81. The van der Waals surface area contributed by atoms with Gasteiger partial charge in [-0.25, -0.2) is 0 Å². The minimum absolute atomic E-state index is 0.0628. The molecule has 0 aliphatic heterocycles. The first kappa shape index (κ1) is 16.4. The number of nitrogens with zero attached hydrogens (tertiary/aromatic N) is 2. The van der Waals surface area contributed by atoms with Gasteiger partial charge in [0.15, 0.2) is 0 Å². The molecule has 1 amide bonds. The van der Waals surface area contributed by atoms with E-state index in [1.807, 2.05) is 45.9 Å². The molecule has 2 aromatic rings. The van der Waals surface area contributed by atoms with Crippen LogP contribution in [0, 0.1) is 13.8 Å². The molecule has 22 heavy (non-hydrogen) atoms. The molecule has 0 saturated heterocycles. The monoisotopic (exact) mass is 319 g/mol. The van der Waals surface area contributed by atoms with Crippen molar-refractivity contribution in [2.45, 2.75) is 39.7 Å². The van der Waals surface area contributed by atoms with Gasteiger partial charge < -0.3 is 5.32 Å². The van der Waals surface area contributed by atoms with Crippen LogP contribution in [0.15, 0.2) is 29.2 Å². The topological polar surface area (TPSA) is 64.0 Å². The molecule has 6 heteroatoms. The number of amides is 1. The Morgan fingerprint density at radius 3 is 2.64 bits per heavy atom. The van der Waals surface area contributed by atoms with Crippen LogP contribution in [0.4, 0.5) is 0 Å². The van der Waals surface area contributed by atoms with Gasteiger partial charge in [-0.15, -0.1) is 0 Å². The van der Waals surface area contributed by atoms with Crippen molar-refractivity contribution in [2.24, 2.45) is 0 Å². The molecule has 0 bridgehead atoms. The summed E-state index contributed by atoms with van der Waals surface area (Å²) < 4.78 is 1.52. The molecule has 0 aliphatic carbocycles. The SMILES string of the molecule is Cc1sc(=O)n(CC(=O)NCC(C)(C)c2ccccn2)c1C. The van der Waals surface area contributed by atoms with Crippen LogP contribution in [-0.2, 0) is 16.8 Å². The van der Waals surface area contributed by atoms with E-state index in [1.54, 1.807) is 6.20 Å². The number of thiazole rings is 1. The van der Waals surface area contributed by atoms with Gasteiger partial charge in [0, 0.05) is 34.4 Å². The van der Waals surface area contributed by atoms with Crippen molar-refractivity contribution in [3.8, 4) is 0 Å². The summed E-state index contributed by atoms with van der Waals surface area (Å²) in [5.74, 6) is -0.160. The van der Waals surface area contributed by atoms with Crippen LogP contribution >= 0.6 is 11.3 Å². The Hall–Kier alpha value is -1.95. The average molecular weight is 319 g/mol. The number of rotatable bonds is 5. The van der Waals surface area contributed by atoms with E-state index in [0.29, 0.717) is 6.54 Å². The van der Waals surface area contributed by atoms with E-state index in [0.717, 1.165) is 16.3 Å². The second-order valence-corrected chi connectivity index (χ2v) is 7.14. The quantitative estimate of drug-likeness (QED) is 0.917. The molecule has 0 fully saturated rings. The molecular weight excluding hydrogens is 298 g/mol. The maximum atomic E-state index is 12.1. The van der Waals surface area contributed by atoms with E-state index < -0.39 is 0 Å². The number of carbonyl (C=O) groups is 1. The number of aryl methyl sites for hydroxylation is 1. The predicted molar refractivity (Wildman–Crippen MR) is 88.3 cm³/mol. The third kappa shape index (κ3) is 3.62. The number of nitrogens with one attached hydrogen (secondary N) is 1. The van der Waals surface area contributed by atoms with Gasteiger partial charge in [-0.05, 0) is 26.0 Å². The highest BCUT2D eigenvalue weighted by molar-refractivity contribution is 7.09. The zero-order valence-corrected chi connectivity index (χ0v) is 14.2. The van der Waals surface area contributed by atoms with Crippen molar-refractivity contribution < 1.29 is 4.79 Å². The van der Waals surface area contributed by atoms with Gasteiger partial charge in [0.05, 0.1) is 0 Å². The third-order valence-corrected chi connectivity index (χ3v) is 4.76. The molecule has 1 N–H and O–H groups in total. The maximum absolute atomic E-state index is 12.1. The Balaban J connectivity index is 2.00. The van der Waals surface area contributed by atoms with Crippen LogP contribution in [0.2, 0.25) is 0 Å². The van der Waals surface area contributed by atoms with E-state index in [9.17, 15) is 9.59 Å². The molecule has 0 spiro atoms. The summed E-state index contributed by atoms with van der Waals surface area (Å²) in [7, 11) is 0. The Labute approximate surface area is 134 Å². The Bertz CT molecular complexity index is 717. The summed E-state index contributed by atoms with van der Waals surface area (Å²) in [5, 5.41) is 2.90. The molecule has 5 nitrogen and oxygen atoms in total. The standard InChI is InChI=1S/C16H21N3O2S/c1-11-12(2)22-15(21)19(11)9-14(20)18-10-16(3,4)13-7-5-6-8-17-13/h5-8H,9-10H2,1-4H3,(H,18,20). The maximum Gasteiger partial charge on any atom is 0.308 e. The van der Waals surface area contributed by atoms with Crippen LogP contribution in [-0.4, -0.2) is 22.0 Å². The fourth-order valence-corrected chi connectivity index (χ4v) is 2.97. The molecule has 2 aromatic heterocycles. The van der Waals surface area contributed by atoms with Crippen molar-refractivity contribution in [1.82, 2.24) is 14.9 Å². The van der Waals surface area contributed by atoms with Gasteiger partial charge in [-0.2, -0.15) is 0 Å². The summed E-state index contributed by atoms with van der Waals surface area (Å²) in [5.41, 5.74) is 1.52. The van der Waals surface area contributed by atoms with Crippen molar-refractivity contribution in [3.63, 3.8) is 0 Å². The molecular formula is C16H21N3O2S. The molecule has 0 aliphatic rings. The lowest BCUT2D eigenvalue weighted by molar-refractivity contribution is -0.121. The minimum Gasteiger partial charge on any atom is -0.354 e. The summed E-state index contributed by atoms with van der Waals surface area (Å²) in [6.07, 6.45) is 1.75. The zero-order valence-electron chi connectivity index (χ0n) is 13.3. The number of pyridine rings is 1. The van der Waals surface area contributed by atoms with Crippen molar-refractivity contribution in [1.29, 1.82) is 0 Å². The molecule has 0 aromatic carbocycles. The number of hydrogen-bond donors (Lipinski definition) is 1. The highest BCUT2D eigenvalue weighted by atomic mass is 32.1. The molecule has 2 rings (SSSR count). The molecule has 0 atom stereocenters. The molecule has 118 valence electrons. The fourth-order valence-electron chi connectivity index (χ4n) is 2.14. The largest absolute Gasteiger partial charge is 0.354 e. The van der Waals surface area contributed by atoms with Gasteiger partial charge in [-0.3, -0.25) is 19.1 Å². The van der Waals surface area contributed by atoms with Crippen LogP contribution in [0.1, 0.15) is 30.1 Å². The molecule has 0 saturated carbocycles. The van der Waals surface area contributed by atoms with Crippen molar-refractivity contribution in [3.05, 3.63) is 50.3 Å². The molecule has 0 radical (unpaired) electrons. The normalized spacial score (nSPS) is 11.5. The second kappa shape index (κ2) is 6.44. The fraction of sp³-hybridized carbons (Fsp3) is 0.438. The highest BCUT2D eigenvalue weighted by Gasteiger charge is 2.23. The summed E-state index contributed by atoms with van der Waals surface area (Å²) in [6.45, 7) is 8.34. The van der Waals surface area contributed by atoms with Crippen molar-refractivity contribution in [2.75, 3.05) is 6.54 Å². The Morgan fingerprint density at radius 1 is 1.36 bits per heavy atom. The number of hydrogen-bond acceptors (Lipinski definition) is 4. The van der Waals surface area contributed by atoms with E-state index in [2.05, 4.69) is 10.3 Å². The Morgan fingerprint density at radius 2 is 2.09 bits per heavy atom. The van der Waals surface area contributed by atoms with Gasteiger partial charge in [-0.1, -0.05) is 31.3 Å². The van der Waals surface area contributed by atoms with E-state index >= 15 is 0 Å². The van der Waals surface area contributed by atoms with Gasteiger partial charge in [0.25, 0.3) is 0 Å². The van der Waals surface area contributed by atoms with Crippen LogP contribution in [0.3, 0.4) is 0 Å². The van der Waals surface area contributed by atoms with E-state index in [4.69, 9.17) is 0 Å². The number of aromatic nitrogens is 2.